The SMILES string of the molecule is CN(C(=O)NCc1cc2cc(Cl)ccc2[nH]1)[C@@H]1CCCN(C(=O)C2CCO2)C1. The number of ether oxygens (including phenoxy) is 1. The van der Waals surface area contributed by atoms with Crippen LogP contribution in [-0.2, 0) is 16.1 Å². The molecule has 2 atom stereocenters. The summed E-state index contributed by atoms with van der Waals surface area (Å²) >= 11 is 6.02. The lowest BCUT2D eigenvalue weighted by Gasteiger charge is -2.40. The number of fused-ring (bicyclic) bond motifs is 1. The Morgan fingerprint density at radius 2 is 2.18 bits per heavy atom. The highest BCUT2D eigenvalue weighted by atomic mass is 35.5. The summed E-state index contributed by atoms with van der Waals surface area (Å²) in [6.07, 6.45) is 2.30. The molecule has 8 heteroatoms. The molecule has 2 aromatic rings. The first kappa shape index (κ1) is 19.1. The number of rotatable bonds is 4. The molecule has 2 saturated heterocycles. The molecule has 2 aliphatic heterocycles. The lowest BCUT2D eigenvalue weighted by atomic mass is 10.0. The summed E-state index contributed by atoms with van der Waals surface area (Å²) in [6.45, 7) is 2.37. The summed E-state index contributed by atoms with van der Waals surface area (Å²) < 4.78 is 5.31. The van der Waals surface area contributed by atoms with Crippen LogP contribution in [0.3, 0.4) is 0 Å². The number of urea groups is 1. The minimum Gasteiger partial charge on any atom is -0.368 e. The van der Waals surface area contributed by atoms with Crippen LogP contribution in [0.1, 0.15) is 25.0 Å². The number of carbonyl (C=O) groups is 2. The molecule has 2 N–H and O–H groups in total. The maximum absolute atomic E-state index is 12.6. The molecule has 150 valence electrons. The van der Waals surface area contributed by atoms with E-state index in [-0.39, 0.29) is 24.1 Å². The minimum absolute atomic E-state index is 0.0132. The Morgan fingerprint density at radius 1 is 1.36 bits per heavy atom. The first-order valence-electron chi connectivity index (χ1n) is 9.69. The van der Waals surface area contributed by atoms with Gasteiger partial charge in [0.25, 0.3) is 5.91 Å². The highest BCUT2D eigenvalue weighted by molar-refractivity contribution is 6.31. The fraction of sp³-hybridized carbons (Fsp3) is 0.500. The summed E-state index contributed by atoms with van der Waals surface area (Å²) in [7, 11) is 1.79. The first-order valence-corrected chi connectivity index (χ1v) is 10.1. The zero-order valence-corrected chi connectivity index (χ0v) is 16.7. The zero-order chi connectivity index (χ0) is 19.7. The van der Waals surface area contributed by atoms with Gasteiger partial charge >= 0.3 is 6.03 Å². The normalized spacial score (nSPS) is 22.0. The van der Waals surface area contributed by atoms with Crippen molar-refractivity contribution in [2.45, 2.75) is 38.0 Å². The molecule has 4 rings (SSSR count). The van der Waals surface area contributed by atoms with Crippen LogP contribution in [0.25, 0.3) is 10.9 Å². The molecular weight excluding hydrogens is 380 g/mol. The number of nitrogens with zero attached hydrogens (tertiary/aromatic N) is 2. The number of amides is 3. The Morgan fingerprint density at radius 3 is 2.93 bits per heavy atom. The van der Waals surface area contributed by atoms with Crippen LogP contribution in [0.2, 0.25) is 5.02 Å². The standard InChI is InChI=1S/C20H25ClN4O3/c1-24(16-3-2-7-25(12-16)19(26)18-6-8-28-18)20(27)22-11-15-10-13-9-14(21)4-5-17(13)23-15/h4-5,9-10,16,18,23H,2-3,6-8,11-12H2,1H3,(H,22,27)/t16-,18?/m1/s1. The lowest BCUT2D eigenvalue weighted by molar-refractivity contribution is -0.157. The van der Waals surface area contributed by atoms with E-state index in [9.17, 15) is 9.59 Å². The van der Waals surface area contributed by atoms with Gasteiger partial charge in [0.1, 0.15) is 6.10 Å². The number of halogens is 1. The van der Waals surface area contributed by atoms with Crippen molar-refractivity contribution in [2.75, 3.05) is 26.7 Å². The van der Waals surface area contributed by atoms with Gasteiger partial charge in [-0.1, -0.05) is 11.6 Å². The average Bonchev–Trinajstić information content (AvgIpc) is 3.06. The molecule has 0 radical (unpaired) electrons. The molecule has 0 bridgehead atoms. The number of aromatic amines is 1. The topological polar surface area (TPSA) is 77.7 Å². The van der Waals surface area contributed by atoms with Crippen molar-refractivity contribution in [3.63, 3.8) is 0 Å². The molecule has 2 fully saturated rings. The second kappa shape index (κ2) is 8.01. The van der Waals surface area contributed by atoms with Gasteiger partial charge < -0.3 is 24.8 Å². The monoisotopic (exact) mass is 404 g/mol. The molecule has 3 heterocycles. The Labute approximate surface area is 168 Å². The number of hydrogen-bond donors (Lipinski definition) is 2. The van der Waals surface area contributed by atoms with Crippen molar-refractivity contribution in [2.24, 2.45) is 0 Å². The number of likely N-dealkylation sites (N-methyl/N-ethyl adjacent to an activating group) is 1. The van der Waals surface area contributed by atoms with Crippen LogP contribution in [0.4, 0.5) is 4.79 Å². The number of nitrogens with one attached hydrogen (secondary N) is 2. The highest BCUT2D eigenvalue weighted by Crippen LogP contribution is 2.21. The Hall–Kier alpha value is -2.25. The van der Waals surface area contributed by atoms with Crippen molar-refractivity contribution in [3.05, 3.63) is 35.0 Å². The van der Waals surface area contributed by atoms with Crippen molar-refractivity contribution >= 4 is 34.4 Å². The van der Waals surface area contributed by atoms with Crippen molar-refractivity contribution in [3.8, 4) is 0 Å². The van der Waals surface area contributed by atoms with Gasteiger partial charge in [-0.2, -0.15) is 0 Å². The molecule has 0 aliphatic carbocycles. The summed E-state index contributed by atoms with van der Waals surface area (Å²) in [5, 5.41) is 4.66. The molecular formula is C20H25ClN4O3. The average molecular weight is 405 g/mol. The number of likely N-dealkylation sites (tertiary alicyclic amines) is 1. The summed E-state index contributed by atoms with van der Waals surface area (Å²) in [5.41, 5.74) is 1.91. The predicted molar refractivity (Wildman–Crippen MR) is 107 cm³/mol. The molecule has 7 nitrogen and oxygen atoms in total. The van der Waals surface area contributed by atoms with Crippen LogP contribution >= 0.6 is 11.6 Å². The Bertz CT molecular complexity index is 879. The van der Waals surface area contributed by atoms with E-state index >= 15 is 0 Å². The van der Waals surface area contributed by atoms with E-state index in [0.29, 0.717) is 24.7 Å². The van der Waals surface area contributed by atoms with Crippen LogP contribution in [0.5, 0.6) is 0 Å². The molecule has 1 aromatic carbocycles. The smallest absolute Gasteiger partial charge is 0.317 e. The van der Waals surface area contributed by atoms with Gasteiger partial charge in [0.05, 0.1) is 19.2 Å². The quantitative estimate of drug-likeness (QED) is 0.822. The van der Waals surface area contributed by atoms with Crippen molar-refractivity contribution in [1.29, 1.82) is 0 Å². The summed E-state index contributed by atoms with van der Waals surface area (Å²) in [4.78, 5) is 31.9. The van der Waals surface area contributed by atoms with Gasteiger partial charge in [0.15, 0.2) is 0 Å². The largest absolute Gasteiger partial charge is 0.368 e. The number of carbonyl (C=O) groups excluding carboxylic acids is 2. The fourth-order valence-electron chi connectivity index (χ4n) is 3.83. The van der Waals surface area contributed by atoms with E-state index in [2.05, 4.69) is 10.3 Å². The molecule has 1 aromatic heterocycles. The molecule has 28 heavy (non-hydrogen) atoms. The number of piperidine rings is 1. The van der Waals surface area contributed by atoms with E-state index in [1.54, 1.807) is 11.9 Å². The molecule has 3 amide bonds. The van der Waals surface area contributed by atoms with Gasteiger partial charge in [-0.25, -0.2) is 4.79 Å². The number of hydrogen-bond acceptors (Lipinski definition) is 3. The summed E-state index contributed by atoms with van der Waals surface area (Å²) in [6, 6.07) is 7.51. The molecule has 0 spiro atoms. The minimum atomic E-state index is -0.284. The Kier molecular flexibility index (Phi) is 5.46. The van der Waals surface area contributed by atoms with Gasteiger partial charge in [-0.15, -0.1) is 0 Å². The number of benzene rings is 1. The van der Waals surface area contributed by atoms with Crippen LogP contribution in [-0.4, -0.2) is 65.6 Å². The number of aromatic nitrogens is 1. The van der Waals surface area contributed by atoms with E-state index in [0.717, 1.165) is 42.4 Å². The van der Waals surface area contributed by atoms with Gasteiger partial charge in [0.2, 0.25) is 0 Å². The second-order valence-electron chi connectivity index (χ2n) is 7.52. The summed E-state index contributed by atoms with van der Waals surface area (Å²) in [5.74, 6) is 0.0569. The van der Waals surface area contributed by atoms with Gasteiger partial charge in [-0.05, 0) is 37.1 Å². The van der Waals surface area contributed by atoms with Crippen molar-refractivity contribution < 1.29 is 14.3 Å². The highest BCUT2D eigenvalue weighted by Gasteiger charge is 2.34. The molecule has 2 aliphatic rings. The number of H-pyrrole nitrogens is 1. The van der Waals surface area contributed by atoms with Crippen LogP contribution in [0, 0.1) is 0 Å². The second-order valence-corrected chi connectivity index (χ2v) is 7.96. The Balaban J connectivity index is 1.32. The van der Waals surface area contributed by atoms with E-state index < -0.39 is 0 Å². The predicted octanol–water partition coefficient (Wildman–Crippen LogP) is 2.74. The van der Waals surface area contributed by atoms with E-state index in [1.807, 2.05) is 29.2 Å². The van der Waals surface area contributed by atoms with Crippen LogP contribution < -0.4 is 5.32 Å². The maximum Gasteiger partial charge on any atom is 0.317 e. The van der Waals surface area contributed by atoms with E-state index in [4.69, 9.17) is 16.3 Å². The van der Waals surface area contributed by atoms with Crippen molar-refractivity contribution in [1.82, 2.24) is 20.1 Å². The maximum atomic E-state index is 12.6. The third kappa shape index (κ3) is 3.95. The first-order chi connectivity index (χ1) is 13.5. The van der Waals surface area contributed by atoms with E-state index in [1.165, 1.54) is 0 Å². The third-order valence-electron chi connectivity index (χ3n) is 5.62. The van der Waals surface area contributed by atoms with Crippen LogP contribution in [0.15, 0.2) is 24.3 Å². The fourth-order valence-corrected chi connectivity index (χ4v) is 4.01. The third-order valence-corrected chi connectivity index (χ3v) is 5.85. The van der Waals surface area contributed by atoms with Gasteiger partial charge in [-0.3, -0.25) is 4.79 Å². The lowest BCUT2D eigenvalue weighted by Crippen LogP contribution is -2.55. The zero-order valence-electron chi connectivity index (χ0n) is 15.9. The molecule has 0 saturated carbocycles. The van der Waals surface area contributed by atoms with Gasteiger partial charge in [0, 0.05) is 48.2 Å². The molecule has 1 unspecified atom stereocenters.